The van der Waals surface area contributed by atoms with E-state index in [1.54, 1.807) is 25.4 Å². The van der Waals surface area contributed by atoms with Crippen LogP contribution in [0, 0.1) is 11.8 Å². The summed E-state index contributed by atoms with van der Waals surface area (Å²) in [5.74, 6) is 1.37. The normalized spacial score (nSPS) is 20.2. The fourth-order valence-corrected chi connectivity index (χ4v) is 5.05. The minimum Gasteiger partial charge on any atom is -0.508 e. The number of carbonyl (C=O) groups is 1. The Labute approximate surface area is 207 Å². The van der Waals surface area contributed by atoms with Crippen LogP contribution in [0.5, 0.6) is 11.5 Å². The number of rotatable bonds is 8. The highest BCUT2D eigenvalue weighted by Gasteiger charge is 2.36. The summed E-state index contributed by atoms with van der Waals surface area (Å²) in [6.45, 7) is 10.3. The van der Waals surface area contributed by atoms with Gasteiger partial charge in [-0.25, -0.2) is 4.79 Å². The molecule has 6 nitrogen and oxygen atoms in total. The number of pyridine rings is 1. The number of esters is 1. The van der Waals surface area contributed by atoms with Gasteiger partial charge in [0.15, 0.2) is 0 Å². The average molecular weight is 475 g/mol. The zero-order valence-electron chi connectivity index (χ0n) is 20.7. The van der Waals surface area contributed by atoms with Gasteiger partial charge in [-0.3, -0.25) is 9.88 Å². The third-order valence-electron chi connectivity index (χ3n) is 7.21. The zero-order valence-corrected chi connectivity index (χ0v) is 20.7. The second-order valence-electron chi connectivity index (χ2n) is 9.29. The smallest absolute Gasteiger partial charge is 0.338 e. The predicted molar refractivity (Wildman–Crippen MR) is 138 cm³/mol. The highest BCUT2D eigenvalue weighted by atomic mass is 16.5. The van der Waals surface area contributed by atoms with E-state index in [1.165, 1.54) is 12.1 Å². The van der Waals surface area contributed by atoms with Crippen LogP contribution in [0.15, 0.2) is 67.4 Å². The van der Waals surface area contributed by atoms with E-state index in [4.69, 9.17) is 9.47 Å². The van der Waals surface area contributed by atoms with Crippen LogP contribution in [0.2, 0.25) is 0 Å². The lowest BCUT2D eigenvalue weighted by atomic mass is 9.85. The molecule has 35 heavy (non-hydrogen) atoms. The van der Waals surface area contributed by atoms with Crippen molar-refractivity contribution in [2.45, 2.75) is 38.8 Å². The maximum Gasteiger partial charge on any atom is 0.338 e. The van der Waals surface area contributed by atoms with Gasteiger partial charge in [-0.05, 0) is 79.8 Å². The van der Waals surface area contributed by atoms with Crippen LogP contribution in [0.4, 0.5) is 0 Å². The molecule has 2 aromatic carbocycles. The minimum absolute atomic E-state index is 0.0252. The standard InChI is InChI=1S/C29H34N2O4/c1-5-20-18-31(16-14-19(20)3)27(6-2)28(35-29(33)21-7-9-22(32)10-8-21)24-13-15-30-26-12-11-23(34-4)17-25(24)26/h5,7-13,15,17,19-20,27-28,32H,1,6,14,16,18H2,2-4H3/t19?,20?,27-,28?/m0/s1. The monoisotopic (exact) mass is 474 g/mol. The van der Waals surface area contributed by atoms with Crippen LogP contribution in [0.25, 0.3) is 10.9 Å². The lowest BCUT2D eigenvalue weighted by Gasteiger charge is -2.43. The highest BCUT2D eigenvalue weighted by Crippen LogP contribution is 2.36. The van der Waals surface area contributed by atoms with Gasteiger partial charge < -0.3 is 14.6 Å². The molecule has 0 spiro atoms. The van der Waals surface area contributed by atoms with Crippen LogP contribution in [-0.2, 0) is 4.74 Å². The number of likely N-dealkylation sites (tertiary alicyclic amines) is 1. The van der Waals surface area contributed by atoms with E-state index in [1.807, 2.05) is 30.3 Å². The topological polar surface area (TPSA) is 71.9 Å². The van der Waals surface area contributed by atoms with E-state index in [9.17, 15) is 9.90 Å². The third-order valence-corrected chi connectivity index (χ3v) is 7.21. The molecule has 1 saturated heterocycles. The summed E-state index contributed by atoms with van der Waals surface area (Å²) >= 11 is 0. The van der Waals surface area contributed by atoms with Crippen LogP contribution >= 0.6 is 0 Å². The Balaban J connectivity index is 1.77. The first kappa shape index (κ1) is 24.7. The SMILES string of the molecule is C=CC1CN([C@@H](CC)C(OC(=O)c2ccc(O)cc2)c2ccnc3ccc(OC)cc23)CCC1C. The Kier molecular flexibility index (Phi) is 7.71. The summed E-state index contributed by atoms with van der Waals surface area (Å²) in [5, 5.41) is 10.5. The number of phenols is 1. The molecule has 1 aromatic heterocycles. The maximum atomic E-state index is 13.3. The third kappa shape index (κ3) is 5.33. The summed E-state index contributed by atoms with van der Waals surface area (Å²) in [7, 11) is 1.64. The van der Waals surface area contributed by atoms with E-state index in [0.29, 0.717) is 17.4 Å². The number of hydrogen-bond acceptors (Lipinski definition) is 6. The molecule has 1 N–H and O–H groups in total. The molecule has 2 heterocycles. The van der Waals surface area contributed by atoms with Gasteiger partial charge in [0.25, 0.3) is 0 Å². The Hall–Kier alpha value is -3.38. The van der Waals surface area contributed by atoms with Gasteiger partial charge in [-0.1, -0.05) is 19.9 Å². The van der Waals surface area contributed by atoms with Crippen LogP contribution in [0.3, 0.4) is 0 Å². The molecule has 3 aromatic rings. The number of aromatic nitrogens is 1. The molecule has 1 aliphatic heterocycles. The number of hydrogen-bond donors (Lipinski definition) is 1. The fraction of sp³-hybridized carbons (Fsp3) is 0.379. The molecule has 184 valence electrons. The lowest BCUT2D eigenvalue weighted by molar-refractivity contribution is -0.0158. The largest absolute Gasteiger partial charge is 0.508 e. The Morgan fingerprint density at radius 2 is 2.03 bits per heavy atom. The van der Waals surface area contributed by atoms with Crippen LogP contribution in [-0.4, -0.2) is 47.2 Å². The Bertz CT molecular complexity index is 1180. The summed E-state index contributed by atoms with van der Waals surface area (Å²) in [5.41, 5.74) is 2.12. The van der Waals surface area contributed by atoms with Gasteiger partial charge >= 0.3 is 5.97 Å². The van der Waals surface area contributed by atoms with Gasteiger partial charge in [-0.15, -0.1) is 6.58 Å². The van der Waals surface area contributed by atoms with Crippen molar-refractivity contribution in [1.82, 2.24) is 9.88 Å². The second kappa shape index (κ2) is 10.9. The average Bonchev–Trinajstić information content (AvgIpc) is 2.89. The first-order chi connectivity index (χ1) is 16.9. The number of benzene rings is 2. The molecular formula is C29H34N2O4. The summed E-state index contributed by atoms with van der Waals surface area (Å²) < 4.78 is 11.8. The first-order valence-corrected chi connectivity index (χ1v) is 12.2. The summed E-state index contributed by atoms with van der Waals surface area (Å²) in [6.07, 6.45) is 5.17. The fourth-order valence-electron chi connectivity index (χ4n) is 5.05. The molecule has 4 rings (SSSR count). The van der Waals surface area contributed by atoms with E-state index < -0.39 is 12.1 Å². The molecule has 0 aliphatic carbocycles. The van der Waals surface area contributed by atoms with Crippen LogP contribution < -0.4 is 4.74 Å². The van der Waals surface area contributed by atoms with Crippen molar-refractivity contribution >= 4 is 16.9 Å². The van der Waals surface area contributed by atoms with Gasteiger partial charge in [0, 0.05) is 23.7 Å². The molecule has 3 unspecified atom stereocenters. The molecular weight excluding hydrogens is 440 g/mol. The van der Waals surface area contributed by atoms with Crippen molar-refractivity contribution in [3.8, 4) is 11.5 Å². The number of nitrogens with zero attached hydrogens (tertiary/aromatic N) is 2. The van der Waals surface area contributed by atoms with E-state index in [0.717, 1.165) is 48.1 Å². The van der Waals surface area contributed by atoms with Gasteiger partial charge in [0.1, 0.15) is 17.6 Å². The maximum absolute atomic E-state index is 13.3. The highest BCUT2D eigenvalue weighted by molar-refractivity contribution is 5.90. The minimum atomic E-state index is -0.516. The first-order valence-electron chi connectivity index (χ1n) is 12.2. The number of methoxy groups -OCH3 is 1. The van der Waals surface area contributed by atoms with Crippen LogP contribution in [0.1, 0.15) is 48.7 Å². The summed E-state index contributed by atoms with van der Waals surface area (Å²) in [4.78, 5) is 20.3. The van der Waals surface area contributed by atoms with Gasteiger partial charge in [-0.2, -0.15) is 0 Å². The molecule has 0 bridgehead atoms. The Morgan fingerprint density at radius 1 is 1.26 bits per heavy atom. The van der Waals surface area contributed by atoms with Crippen molar-refractivity contribution in [3.05, 3.63) is 78.5 Å². The molecule has 4 atom stereocenters. The number of piperidine rings is 1. The van der Waals surface area contributed by atoms with E-state index in [2.05, 4.69) is 30.3 Å². The van der Waals surface area contributed by atoms with Crippen molar-refractivity contribution in [3.63, 3.8) is 0 Å². The van der Waals surface area contributed by atoms with Crippen molar-refractivity contribution in [2.75, 3.05) is 20.2 Å². The van der Waals surface area contributed by atoms with Crippen molar-refractivity contribution < 1.29 is 19.4 Å². The molecule has 0 radical (unpaired) electrons. The molecule has 1 aliphatic rings. The zero-order chi connectivity index (χ0) is 24.9. The number of carbonyl (C=O) groups excluding carboxylic acids is 1. The predicted octanol–water partition coefficient (Wildman–Crippen LogP) is 5.77. The molecule has 0 amide bonds. The second-order valence-corrected chi connectivity index (χ2v) is 9.29. The number of phenolic OH excluding ortho intramolecular Hbond substituents is 1. The van der Waals surface area contributed by atoms with E-state index >= 15 is 0 Å². The Morgan fingerprint density at radius 3 is 2.71 bits per heavy atom. The van der Waals surface area contributed by atoms with Crippen molar-refractivity contribution in [1.29, 1.82) is 0 Å². The summed E-state index contributed by atoms with van der Waals surface area (Å²) in [6, 6.07) is 13.8. The molecule has 0 saturated carbocycles. The van der Waals surface area contributed by atoms with E-state index in [-0.39, 0.29) is 11.8 Å². The lowest BCUT2D eigenvalue weighted by Crippen LogP contribution is -2.48. The van der Waals surface area contributed by atoms with Crippen molar-refractivity contribution in [2.24, 2.45) is 11.8 Å². The number of fused-ring (bicyclic) bond motifs is 1. The van der Waals surface area contributed by atoms with Gasteiger partial charge in [0.2, 0.25) is 0 Å². The number of ether oxygens (including phenoxy) is 2. The van der Waals surface area contributed by atoms with Gasteiger partial charge in [0.05, 0.1) is 24.2 Å². The number of aromatic hydroxyl groups is 1. The molecule has 6 heteroatoms. The quantitative estimate of drug-likeness (QED) is 0.330. The molecule has 1 fully saturated rings.